The number of nitrogens with zero attached hydrogens (tertiary/aromatic N) is 3. The molecule has 0 saturated heterocycles. The number of halogens is 1. The molecule has 27 heavy (non-hydrogen) atoms. The molecular weight excluding hydrogens is 378 g/mol. The van der Waals surface area contributed by atoms with Gasteiger partial charge in [0, 0.05) is 18.7 Å². The predicted octanol–water partition coefficient (Wildman–Crippen LogP) is 4.85. The van der Waals surface area contributed by atoms with E-state index in [1.54, 1.807) is 11.3 Å². The molecule has 2 aromatic carbocycles. The van der Waals surface area contributed by atoms with Crippen molar-refractivity contribution in [3.05, 3.63) is 58.7 Å². The van der Waals surface area contributed by atoms with E-state index in [2.05, 4.69) is 30.9 Å². The molecule has 0 unspecified atom stereocenters. The minimum absolute atomic E-state index is 0. The molecule has 0 atom stereocenters. The lowest BCUT2D eigenvalue weighted by Gasteiger charge is -2.22. The zero-order chi connectivity index (χ0) is 18.8. The number of likely N-dealkylation sites (N-methyl/N-ethyl adjacent to an activating group) is 1. The number of carbonyl (C=O) groups excluding carboxylic acids is 1. The third-order valence-electron chi connectivity index (χ3n) is 4.53. The normalized spacial score (nSPS) is 10.9. The summed E-state index contributed by atoms with van der Waals surface area (Å²) in [7, 11) is 4.03. The van der Waals surface area contributed by atoms with E-state index in [0.717, 1.165) is 27.5 Å². The molecule has 0 N–H and O–H groups in total. The Bertz CT molecular complexity index is 952. The van der Waals surface area contributed by atoms with Gasteiger partial charge in [0.05, 0.1) is 10.2 Å². The summed E-state index contributed by atoms with van der Waals surface area (Å²) < 4.78 is 1.11. The van der Waals surface area contributed by atoms with Crippen molar-refractivity contribution >= 4 is 45.0 Å². The van der Waals surface area contributed by atoms with Gasteiger partial charge in [-0.2, -0.15) is 0 Å². The summed E-state index contributed by atoms with van der Waals surface area (Å²) in [6.45, 7) is 7.56. The van der Waals surface area contributed by atoms with E-state index in [9.17, 15) is 4.79 Å². The first-order valence-corrected chi connectivity index (χ1v) is 9.58. The van der Waals surface area contributed by atoms with E-state index in [4.69, 9.17) is 4.98 Å². The Morgan fingerprint density at radius 3 is 2.41 bits per heavy atom. The lowest BCUT2D eigenvalue weighted by atomic mass is 10.1. The van der Waals surface area contributed by atoms with Gasteiger partial charge in [0.2, 0.25) is 0 Å². The van der Waals surface area contributed by atoms with Crippen molar-refractivity contribution < 1.29 is 4.79 Å². The minimum Gasteiger partial charge on any atom is -0.308 e. The minimum atomic E-state index is 0. The van der Waals surface area contributed by atoms with Crippen molar-refractivity contribution in [2.24, 2.45) is 0 Å². The van der Waals surface area contributed by atoms with Crippen LogP contribution in [0.5, 0.6) is 0 Å². The first-order chi connectivity index (χ1) is 12.3. The highest BCUT2D eigenvalue weighted by atomic mass is 35.5. The lowest BCUT2D eigenvalue weighted by molar-refractivity contribution is 0.0985. The summed E-state index contributed by atoms with van der Waals surface area (Å²) in [5, 5.41) is 0.760. The highest BCUT2D eigenvalue weighted by molar-refractivity contribution is 7.22. The SMILES string of the molecule is Cc1ccc2nc(N(CCN(C)C)C(=O)c3ccc(C)c(C)c3)sc2c1.Cl. The predicted molar refractivity (Wildman–Crippen MR) is 118 cm³/mol. The Kier molecular flexibility index (Phi) is 6.98. The number of aromatic nitrogens is 1. The van der Waals surface area contributed by atoms with Crippen LogP contribution in [0.3, 0.4) is 0 Å². The maximum Gasteiger partial charge on any atom is 0.260 e. The fourth-order valence-electron chi connectivity index (χ4n) is 2.75. The van der Waals surface area contributed by atoms with Crippen LogP contribution in [0.4, 0.5) is 5.13 Å². The van der Waals surface area contributed by atoms with Crippen molar-refractivity contribution in [1.29, 1.82) is 0 Å². The zero-order valence-electron chi connectivity index (χ0n) is 16.4. The topological polar surface area (TPSA) is 36.4 Å². The van der Waals surface area contributed by atoms with Crippen LogP contribution in [-0.2, 0) is 0 Å². The van der Waals surface area contributed by atoms with Gasteiger partial charge in [-0.05, 0) is 75.8 Å². The highest BCUT2D eigenvalue weighted by Gasteiger charge is 2.21. The van der Waals surface area contributed by atoms with Gasteiger partial charge in [0.15, 0.2) is 5.13 Å². The number of carbonyl (C=O) groups is 1. The van der Waals surface area contributed by atoms with Crippen molar-refractivity contribution in [2.45, 2.75) is 20.8 Å². The second-order valence-corrected chi connectivity index (χ2v) is 8.04. The van der Waals surface area contributed by atoms with Gasteiger partial charge in [-0.3, -0.25) is 9.69 Å². The average Bonchev–Trinajstić information content (AvgIpc) is 2.99. The number of benzene rings is 2. The van der Waals surface area contributed by atoms with Gasteiger partial charge in [-0.1, -0.05) is 23.5 Å². The van der Waals surface area contributed by atoms with Crippen LogP contribution in [0.25, 0.3) is 10.2 Å². The van der Waals surface area contributed by atoms with E-state index in [-0.39, 0.29) is 18.3 Å². The maximum absolute atomic E-state index is 13.2. The van der Waals surface area contributed by atoms with Gasteiger partial charge in [-0.15, -0.1) is 12.4 Å². The zero-order valence-corrected chi connectivity index (χ0v) is 18.1. The Hall–Kier alpha value is -1.95. The molecule has 6 heteroatoms. The molecule has 0 fully saturated rings. The first kappa shape index (κ1) is 21.4. The molecule has 1 heterocycles. The van der Waals surface area contributed by atoms with Crippen LogP contribution in [0.1, 0.15) is 27.0 Å². The van der Waals surface area contributed by atoms with Crippen LogP contribution < -0.4 is 4.90 Å². The summed E-state index contributed by atoms with van der Waals surface area (Å²) in [6.07, 6.45) is 0. The van der Waals surface area contributed by atoms with Crippen molar-refractivity contribution in [2.75, 3.05) is 32.1 Å². The molecule has 1 aromatic heterocycles. The summed E-state index contributed by atoms with van der Waals surface area (Å²) in [5.41, 5.74) is 5.17. The molecule has 0 bridgehead atoms. The first-order valence-electron chi connectivity index (χ1n) is 8.76. The van der Waals surface area contributed by atoms with E-state index >= 15 is 0 Å². The number of hydrogen-bond donors (Lipinski definition) is 0. The molecule has 0 aliphatic rings. The quantitative estimate of drug-likeness (QED) is 0.610. The largest absolute Gasteiger partial charge is 0.308 e. The number of aryl methyl sites for hydroxylation is 3. The van der Waals surface area contributed by atoms with Gasteiger partial charge in [0.1, 0.15) is 0 Å². The van der Waals surface area contributed by atoms with Crippen LogP contribution in [0.2, 0.25) is 0 Å². The van der Waals surface area contributed by atoms with Crippen molar-refractivity contribution in [3.63, 3.8) is 0 Å². The highest BCUT2D eigenvalue weighted by Crippen LogP contribution is 2.30. The van der Waals surface area contributed by atoms with E-state index in [1.165, 1.54) is 11.1 Å². The maximum atomic E-state index is 13.2. The van der Waals surface area contributed by atoms with Gasteiger partial charge < -0.3 is 4.90 Å². The molecule has 3 aromatic rings. The summed E-state index contributed by atoms with van der Waals surface area (Å²) in [5.74, 6) is 0.00530. The number of fused-ring (bicyclic) bond motifs is 1. The number of thiazole rings is 1. The number of anilines is 1. The number of hydrogen-bond acceptors (Lipinski definition) is 4. The molecule has 0 saturated carbocycles. The summed E-state index contributed by atoms with van der Waals surface area (Å²) >= 11 is 1.58. The molecular formula is C21H26ClN3OS. The fourth-order valence-corrected chi connectivity index (χ4v) is 3.84. The van der Waals surface area contributed by atoms with Gasteiger partial charge in [-0.25, -0.2) is 4.98 Å². The summed E-state index contributed by atoms with van der Waals surface area (Å²) in [4.78, 5) is 21.9. The van der Waals surface area contributed by atoms with E-state index < -0.39 is 0 Å². The fraction of sp³-hybridized carbons (Fsp3) is 0.333. The third-order valence-corrected chi connectivity index (χ3v) is 5.57. The molecule has 4 nitrogen and oxygen atoms in total. The van der Waals surface area contributed by atoms with Crippen LogP contribution in [0, 0.1) is 20.8 Å². The Morgan fingerprint density at radius 1 is 1.00 bits per heavy atom. The third kappa shape index (κ3) is 4.86. The lowest BCUT2D eigenvalue weighted by Crippen LogP contribution is -2.36. The van der Waals surface area contributed by atoms with Crippen LogP contribution >= 0.6 is 23.7 Å². The molecule has 0 radical (unpaired) electrons. The number of amides is 1. The van der Waals surface area contributed by atoms with Crippen molar-refractivity contribution in [1.82, 2.24) is 9.88 Å². The molecule has 1 amide bonds. The van der Waals surface area contributed by atoms with E-state index in [1.807, 2.05) is 50.2 Å². The van der Waals surface area contributed by atoms with Crippen LogP contribution in [-0.4, -0.2) is 43.0 Å². The molecule has 0 aliphatic carbocycles. The Balaban J connectivity index is 0.00000261. The molecule has 144 valence electrons. The average molecular weight is 404 g/mol. The second kappa shape index (κ2) is 8.83. The monoisotopic (exact) mass is 403 g/mol. The standard InChI is InChI=1S/C21H25N3OS.ClH/c1-14-6-9-18-19(12-14)26-21(22-18)24(11-10-23(4)5)20(25)17-8-7-15(2)16(3)13-17;/h6-9,12-13H,10-11H2,1-5H3;1H. The number of rotatable bonds is 5. The molecule has 0 spiro atoms. The Labute approximate surface area is 171 Å². The van der Waals surface area contributed by atoms with Gasteiger partial charge >= 0.3 is 0 Å². The second-order valence-electron chi connectivity index (χ2n) is 7.03. The van der Waals surface area contributed by atoms with Gasteiger partial charge in [0.25, 0.3) is 5.91 Å². The van der Waals surface area contributed by atoms with E-state index in [0.29, 0.717) is 12.1 Å². The van der Waals surface area contributed by atoms with Crippen molar-refractivity contribution in [3.8, 4) is 0 Å². The summed E-state index contributed by atoms with van der Waals surface area (Å²) in [6, 6.07) is 12.1. The molecule has 3 rings (SSSR count). The van der Waals surface area contributed by atoms with Crippen LogP contribution in [0.15, 0.2) is 36.4 Å². The smallest absolute Gasteiger partial charge is 0.260 e. The molecule has 0 aliphatic heterocycles. The Morgan fingerprint density at radius 2 is 1.74 bits per heavy atom.